The number of ether oxygens (including phenoxy) is 3. The number of hydrogen-bond donors (Lipinski definition) is 2. The molecule has 0 spiro atoms. The number of carbonyl (C=O) groups is 2. The van der Waals surface area contributed by atoms with Crippen LogP contribution in [0.15, 0.2) is 47.6 Å². The molecule has 0 aliphatic heterocycles. The summed E-state index contributed by atoms with van der Waals surface area (Å²) in [6.45, 7) is -0.598. The van der Waals surface area contributed by atoms with Gasteiger partial charge in [0.25, 0.3) is 11.8 Å². The van der Waals surface area contributed by atoms with E-state index in [1.807, 2.05) is 6.07 Å². The van der Waals surface area contributed by atoms with Gasteiger partial charge in [-0.05, 0) is 48.0 Å². The van der Waals surface area contributed by atoms with Crippen molar-refractivity contribution in [2.24, 2.45) is 5.10 Å². The largest absolute Gasteiger partial charge is 0.493 e. The number of amides is 2. The Morgan fingerprint density at radius 3 is 2.60 bits per heavy atom. The van der Waals surface area contributed by atoms with E-state index in [9.17, 15) is 9.59 Å². The first kappa shape index (κ1) is 22.5. The maximum Gasteiger partial charge on any atom is 0.259 e. The van der Waals surface area contributed by atoms with Gasteiger partial charge in [0.1, 0.15) is 11.8 Å². The Hall–Kier alpha value is -3.77. The third-order valence-electron chi connectivity index (χ3n) is 3.51. The van der Waals surface area contributed by atoms with Crippen LogP contribution in [-0.2, 0) is 9.59 Å². The molecule has 0 unspecified atom stereocenters. The number of methoxy groups -OCH3 is 1. The van der Waals surface area contributed by atoms with Crippen LogP contribution in [0.5, 0.6) is 17.2 Å². The highest BCUT2D eigenvalue weighted by molar-refractivity contribution is 6.30. The van der Waals surface area contributed by atoms with Crippen LogP contribution in [0.25, 0.3) is 0 Å². The lowest BCUT2D eigenvalue weighted by molar-refractivity contribution is -0.127. The second-order valence-corrected chi connectivity index (χ2v) is 6.11. The predicted octanol–water partition coefficient (Wildman–Crippen LogP) is 1.90. The molecule has 10 heteroatoms. The third kappa shape index (κ3) is 7.69. The predicted molar refractivity (Wildman–Crippen MR) is 110 cm³/mol. The highest BCUT2D eigenvalue weighted by Gasteiger charge is 2.07. The molecule has 9 nitrogen and oxygen atoms in total. The van der Waals surface area contributed by atoms with E-state index in [1.54, 1.807) is 42.5 Å². The fourth-order valence-corrected chi connectivity index (χ4v) is 2.25. The number of hydrazone groups is 1. The first-order chi connectivity index (χ1) is 14.5. The summed E-state index contributed by atoms with van der Waals surface area (Å²) >= 11 is 5.77. The zero-order chi connectivity index (χ0) is 21.8. The highest BCUT2D eigenvalue weighted by atomic mass is 35.5. The summed E-state index contributed by atoms with van der Waals surface area (Å²) in [7, 11) is 1.47. The van der Waals surface area contributed by atoms with Gasteiger partial charge < -0.3 is 19.5 Å². The topological polar surface area (TPSA) is 122 Å². The van der Waals surface area contributed by atoms with Crippen molar-refractivity contribution in [1.29, 1.82) is 5.26 Å². The van der Waals surface area contributed by atoms with Crippen molar-refractivity contribution in [3.63, 3.8) is 0 Å². The number of rotatable bonds is 10. The Bertz CT molecular complexity index is 941. The van der Waals surface area contributed by atoms with Gasteiger partial charge in [0.2, 0.25) is 0 Å². The third-order valence-corrected chi connectivity index (χ3v) is 3.76. The average Bonchev–Trinajstić information content (AvgIpc) is 2.76. The standard InChI is InChI=1S/C20H19ClN4O5/c1-28-18-10-14(2-7-17(18)29-9-8-22)11-24-25-19(26)12-23-20(27)13-30-16-5-3-15(21)4-6-16/h2-7,10-11H,9,12-13H2,1H3,(H,23,27)(H,25,26)/b24-11+. The van der Waals surface area contributed by atoms with Crippen molar-refractivity contribution in [3.05, 3.63) is 53.1 Å². The molecule has 0 aliphatic rings. The van der Waals surface area contributed by atoms with Gasteiger partial charge in [0.05, 0.1) is 19.9 Å². The molecule has 0 aromatic heterocycles. The van der Waals surface area contributed by atoms with Crippen LogP contribution in [0.2, 0.25) is 5.02 Å². The molecular weight excluding hydrogens is 412 g/mol. The van der Waals surface area contributed by atoms with Crippen molar-refractivity contribution in [3.8, 4) is 23.3 Å². The van der Waals surface area contributed by atoms with E-state index in [4.69, 9.17) is 31.1 Å². The van der Waals surface area contributed by atoms with Gasteiger partial charge in [-0.25, -0.2) is 5.43 Å². The van der Waals surface area contributed by atoms with E-state index in [0.717, 1.165) is 0 Å². The number of halogens is 1. The molecule has 30 heavy (non-hydrogen) atoms. The number of nitriles is 1. The van der Waals surface area contributed by atoms with Crippen molar-refractivity contribution < 1.29 is 23.8 Å². The van der Waals surface area contributed by atoms with Crippen LogP contribution >= 0.6 is 11.6 Å². The lowest BCUT2D eigenvalue weighted by Gasteiger charge is -2.08. The summed E-state index contributed by atoms with van der Waals surface area (Å²) in [5.41, 5.74) is 2.93. The first-order valence-electron chi connectivity index (χ1n) is 8.66. The number of nitrogens with one attached hydrogen (secondary N) is 2. The van der Waals surface area contributed by atoms with Crippen molar-refractivity contribution in [1.82, 2.24) is 10.7 Å². The van der Waals surface area contributed by atoms with E-state index in [-0.39, 0.29) is 19.8 Å². The Morgan fingerprint density at radius 2 is 1.90 bits per heavy atom. The minimum atomic E-state index is -0.507. The number of hydrogen-bond acceptors (Lipinski definition) is 7. The zero-order valence-corrected chi connectivity index (χ0v) is 16.8. The molecule has 0 fully saturated rings. The molecule has 0 aliphatic carbocycles. The van der Waals surface area contributed by atoms with Crippen LogP contribution in [0.1, 0.15) is 5.56 Å². The molecule has 0 saturated heterocycles. The highest BCUT2D eigenvalue weighted by Crippen LogP contribution is 2.27. The van der Waals surface area contributed by atoms with Crippen LogP contribution in [0.3, 0.4) is 0 Å². The Morgan fingerprint density at radius 1 is 1.13 bits per heavy atom. The van der Waals surface area contributed by atoms with Crippen LogP contribution in [0, 0.1) is 11.3 Å². The number of carbonyl (C=O) groups excluding carboxylic acids is 2. The van der Waals surface area contributed by atoms with Crippen LogP contribution < -0.4 is 25.0 Å². The molecule has 0 saturated carbocycles. The number of nitrogens with zero attached hydrogens (tertiary/aromatic N) is 2. The summed E-state index contributed by atoms with van der Waals surface area (Å²) in [4.78, 5) is 23.5. The van der Waals surface area contributed by atoms with E-state index < -0.39 is 11.8 Å². The number of benzene rings is 2. The van der Waals surface area contributed by atoms with Gasteiger partial charge in [-0.3, -0.25) is 9.59 Å². The maximum atomic E-state index is 11.8. The maximum absolute atomic E-state index is 11.8. The van der Waals surface area contributed by atoms with Gasteiger partial charge in [0, 0.05) is 5.02 Å². The average molecular weight is 431 g/mol. The first-order valence-corrected chi connectivity index (χ1v) is 9.04. The van der Waals surface area contributed by atoms with Crippen molar-refractivity contribution in [2.75, 3.05) is 26.9 Å². The van der Waals surface area contributed by atoms with E-state index >= 15 is 0 Å². The van der Waals surface area contributed by atoms with Gasteiger partial charge in [-0.15, -0.1) is 0 Å². The van der Waals surface area contributed by atoms with E-state index in [0.29, 0.717) is 27.8 Å². The van der Waals surface area contributed by atoms with Gasteiger partial charge in [-0.1, -0.05) is 11.6 Å². The van der Waals surface area contributed by atoms with E-state index in [2.05, 4.69) is 15.8 Å². The van der Waals surface area contributed by atoms with Crippen LogP contribution in [-0.4, -0.2) is 44.9 Å². The summed E-state index contributed by atoms with van der Waals surface area (Å²) in [6.07, 6.45) is 1.40. The van der Waals surface area contributed by atoms with Gasteiger partial charge >= 0.3 is 0 Å². The monoisotopic (exact) mass is 430 g/mol. The molecule has 2 aromatic rings. The fourth-order valence-electron chi connectivity index (χ4n) is 2.12. The fraction of sp³-hybridized carbons (Fsp3) is 0.200. The minimum absolute atomic E-state index is 0.101. The second-order valence-electron chi connectivity index (χ2n) is 5.67. The lowest BCUT2D eigenvalue weighted by Crippen LogP contribution is -2.37. The smallest absolute Gasteiger partial charge is 0.259 e. The molecule has 2 amide bonds. The second kappa shape index (κ2) is 11.9. The summed E-state index contributed by atoms with van der Waals surface area (Å²) < 4.78 is 15.7. The Balaban J connectivity index is 1.74. The molecule has 156 valence electrons. The van der Waals surface area contributed by atoms with E-state index in [1.165, 1.54) is 13.3 Å². The van der Waals surface area contributed by atoms with Gasteiger partial charge in [-0.2, -0.15) is 10.4 Å². The summed E-state index contributed by atoms with van der Waals surface area (Å²) in [6, 6.07) is 13.4. The molecule has 0 radical (unpaired) electrons. The van der Waals surface area contributed by atoms with Crippen molar-refractivity contribution in [2.45, 2.75) is 0 Å². The summed E-state index contributed by atoms with van der Waals surface area (Å²) in [5, 5.41) is 15.4. The van der Waals surface area contributed by atoms with Crippen molar-refractivity contribution >= 4 is 29.6 Å². The zero-order valence-electron chi connectivity index (χ0n) is 16.1. The SMILES string of the molecule is COc1cc(/C=N/NC(=O)CNC(=O)COc2ccc(Cl)cc2)ccc1OCC#N. The molecule has 0 bridgehead atoms. The minimum Gasteiger partial charge on any atom is -0.493 e. The molecule has 0 atom stereocenters. The molecule has 0 heterocycles. The molecule has 2 rings (SSSR count). The molecule has 2 N–H and O–H groups in total. The molecule has 2 aromatic carbocycles. The van der Waals surface area contributed by atoms with Crippen LogP contribution in [0.4, 0.5) is 0 Å². The van der Waals surface area contributed by atoms with Gasteiger partial charge in [0.15, 0.2) is 24.7 Å². The summed E-state index contributed by atoms with van der Waals surface area (Å²) in [5.74, 6) is 0.370. The normalized spacial score (nSPS) is 10.2. The molecular formula is C20H19ClN4O5. The Labute approximate surface area is 178 Å². The quantitative estimate of drug-likeness (QED) is 0.438. The Kier molecular flexibility index (Phi) is 8.96. The lowest BCUT2D eigenvalue weighted by atomic mass is 10.2.